The molecule has 0 aliphatic heterocycles. The first-order valence-corrected chi connectivity index (χ1v) is 9.66. The largest absolute Gasteiger partial charge is 0.395 e. The Morgan fingerprint density at radius 1 is 1.15 bits per heavy atom. The van der Waals surface area contributed by atoms with Crippen LogP contribution in [0.1, 0.15) is 52.4 Å². The first-order chi connectivity index (χ1) is 9.65. The Morgan fingerprint density at radius 2 is 1.70 bits per heavy atom. The van der Waals surface area contributed by atoms with E-state index in [2.05, 4.69) is 19.2 Å². The van der Waals surface area contributed by atoms with Gasteiger partial charge in [-0.15, -0.1) is 0 Å². The molecule has 0 heterocycles. The van der Waals surface area contributed by atoms with Gasteiger partial charge in [0.15, 0.2) is 0 Å². The van der Waals surface area contributed by atoms with E-state index in [0.717, 1.165) is 24.3 Å². The molecule has 0 aromatic heterocycles. The third-order valence-corrected chi connectivity index (χ3v) is 7.32. The summed E-state index contributed by atoms with van der Waals surface area (Å²) in [5.74, 6) is 4.27. The number of nitrogens with one attached hydrogen (secondary N) is 1. The number of hydrogen-bond acceptors (Lipinski definition) is 3. The van der Waals surface area contributed by atoms with Crippen LogP contribution in [-0.2, 0) is 0 Å². The molecular weight excluding hydrogens is 266 g/mol. The Hall–Kier alpha value is 0.270. The van der Waals surface area contributed by atoms with Crippen molar-refractivity contribution in [1.82, 2.24) is 5.32 Å². The zero-order valence-electron chi connectivity index (χ0n) is 13.1. The van der Waals surface area contributed by atoms with Gasteiger partial charge in [-0.2, -0.15) is 11.8 Å². The van der Waals surface area contributed by atoms with Gasteiger partial charge in [0.05, 0.1) is 6.61 Å². The molecule has 3 heteroatoms. The minimum absolute atomic E-state index is 0.310. The zero-order chi connectivity index (χ0) is 14.2. The molecule has 0 aromatic carbocycles. The van der Waals surface area contributed by atoms with Crippen LogP contribution in [0.15, 0.2) is 0 Å². The van der Waals surface area contributed by atoms with E-state index in [1.807, 2.05) is 11.8 Å². The van der Waals surface area contributed by atoms with E-state index in [9.17, 15) is 5.11 Å². The van der Waals surface area contributed by atoms with Gasteiger partial charge in [0.1, 0.15) is 0 Å². The van der Waals surface area contributed by atoms with E-state index in [4.69, 9.17) is 0 Å². The van der Waals surface area contributed by atoms with Gasteiger partial charge in [0.25, 0.3) is 0 Å². The molecule has 2 atom stereocenters. The second kappa shape index (κ2) is 6.18. The van der Waals surface area contributed by atoms with Crippen LogP contribution in [0.4, 0.5) is 0 Å². The van der Waals surface area contributed by atoms with Gasteiger partial charge in [0.2, 0.25) is 0 Å². The summed E-state index contributed by atoms with van der Waals surface area (Å²) < 4.78 is 0. The first-order valence-electron chi connectivity index (χ1n) is 8.61. The molecule has 116 valence electrons. The first kappa shape index (κ1) is 15.2. The summed E-state index contributed by atoms with van der Waals surface area (Å²) in [6.07, 6.45) is 9.01. The molecule has 4 rings (SSSR count). The Kier molecular flexibility index (Phi) is 4.69. The van der Waals surface area contributed by atoms with Crippen molar-refractivity contribution >= 4 is 11.8 Å². The lowest BCUT2D eigenvalue weighted by molar-refractivity contribution is -0.0691. The predicted molar refractivity (Wildman–Crippen MR) is 87.1 cm³/mol. The summed E-state index contributed by atoms with van der Waals surface area (Å²) in [6, 6.07) is 0.667. The van der Waals surface area contributed by atoms with Crippen molar-refractivity contribution < 1.29 is 5.11 Å². The van der Waals surface area contributed by atoms with Crippen molar-refractivity contribution in [2.24, 2.45) is 23.2 Å². The Labute approximate surface area is 128 Å². The predicted octanol–water partition coefficient (Wildman–Crippen LogP) is 3.29. The lowest BCUT2D eigenvalue weighted by Crippen LogP contribution is -2.57. The summed E-state index contributed by atoms with van der Waals surface area (Å²) in [4.78, 5) is 0. The highest BCUT2D eigenvalue weighted by Gasteiger charge is 2.53. The molecule has 0 saturated heterocycles. The van der Waals surface area contributed by atoms with Gasteiger partial charge in [-0.05, 0) is 68.2 Å². The van der Waals surface area contributed by atoms with E-state index in [1.165, 1.54) is 44.3 Å². The minimum Gasteiger partial charge on any atom is -0.395 e. The summed E-state index contributed by atoms with van der Waals surface area (Å²) >= 11 is 1.96. The topological polar surface area (TPSA) is 32.3 Å². The molecule has 0 amide bonds. The lowest BCUT2D eigenvalue weighted by atomic mass is 9.48. The molecule has 4 aliphatic carbocycles. The summed E-state index contributed by atoms with van der Waals surface area (Å²) in [6.45, 7) is 5.78. The number of thioether (sulfide) groups is 1. The highest BCUT2D eigenvalue weighted by atomic mass is 32.2. The molecule has 4 fully saturated rings. The molecule has 0 radical (unpaired) electrons. The van der Waals surface area contributed by atoms with E-state index in [-0.39, 0.29) is 0 Å². The molecular formula is C17H31NOS. The van der Waals surface area contributed by atoms with Crippen LogP contribution in [0.2, 0.25) is 0 Å². The highest BCUT2D eigenvalue weighted by molar-refractivity contribution is 7.99. The fraction of sp³-hybridized carbons (Fsp3) is 1.00. The van der Waals surface area contributed by atoms with Crippen LogP contribution in [-0.4, -0.2) is 35.3 Å². The molecule has 4 saturated carbocycles. The maximum atomic E-state index is 9.27. The van der Waals surface area contributed by atoms with Crippen molar-refractivity contribution in [2.75, 3.05) is 18.9 Å². The number of aliphatic hydroxyl groups is 1. The fourth-order valence-corrected chi connectivity index (χ4v) is 6.71. The monoisotopic (exact) mass is 297 g/mol. The highest BCUT2D eigenvalue weighted by Crippen LogP contribution is 2.61. The molecule has 0 aromatic rings. The molecule has 2 nitrogen and oxygen atoms in total. The van der Waals surface area contributed by atoms with Crippen molar-refractivity contribution in [3.05, 3.63) is 0 Å². The standard InChI is InChI=1S/C17H31NOS/c1-3-18-16(11-20-12(2)10-19)17-7-13-4-14(8-17)6-15(5-13)9-17/h12-16,18-19H,3-11H2,1-2H3. The van der Waals surface area contributed by atoms with Crippen LogP contribution in [0, 0.1) is 23.2 Å². The molecule has 2 unspecified atom stereocenters. The third kappa shape index (κ3) is 2.91. The quantitative estimate of drug-likeness (QED) is 0.756. The fourth-order valence-electron chi connectivity index (χ4n) is 5.62. The van der Waals surface area contributed by atoms with Gasteiger partial charge >= 0.3 is 0 Å². The van der Waals surface area contributed by atoms with Crippen LogP contribution in [0.25, 0.3) is 0 Å². The summed E-state index contributed by atoms with van der Waals surface area (Å²) in [5.41, 5.74) is 0.590. The molecule has 0 spiro atoms. The number of rotatable bonds is 7. The van der Waals surface area contributed by atoms with Crippen molar-refractivity contribution in [3.8, 4) is 0 Å². The SMILES string of the molecule is CCNC(CSC(C)CO)C12CC3CC(CC(C3)C1)C2. The van der Waals surface area contributed by atoms with Gasteiger partial charge in [-0.3, -0.25) is 0 Å². The van der Waals surface area contributed by atoms with E-state index >= 15 is 0 Å². The third-order valence-electron chi connectivity index (χ3n) is 6.08. The Morgan fingerprint density at radius 3 is 2.15 bits per heavy atom. The van der Waals surface area contributed by atoms with Gasteiger partial charge in [0, 0.05) is 17.0 Å². The van der Waals surface area contributed by atoms with Gasteiger partial charge < -0.3 is 10.4 Å². The number of aliphatic hydroxyl groups excluding tert-OH is 1. The minimum atomic E-state index is 0.310. The van der Waals surface area contributed by atoms with Crippen LogP contribution < -0.4 is 5.32 Å². The molecule has 2 N–H and O–H groups in total. The van der Waals surface area contributed by atoms with Crippen molar-refractivity contribution in [3.63, 3.8) is 0 Å². The molecule has 4 bridgehead atoms. The van der Waals surface area contributed by atoms with Gasteiger partial charge in [-0.1, -0.05) is 13.8 Å². The van der Waals surface area contributed by atoms with Crippen LogP contribution >= 0.6 is 11.8 Å². The molecule has 4 aliphatic rings. The Balaban J connectivity index is 1.69. The van der Waals surface area contributed by atoms with Gasteiger partial charge in [-0.25, -0.2) is 0 Å². The van der Waals surface area contributed by atoms with Crippen LogP contribution in [0.5, 0.6) is 0 Å². The Bertz CT molecular complexity index is 298. The lowest BCUT2D eigenvalue weighted by Gasteiger charge is -2.59. The average Bonchev–Trinajstić information content (AvgIpc) is 2.41. The number of hydrogen-bond donors (Lipinski definition) is 2. The van der Waals surface area contributed by atoms with E-state index in [0.29, 0.717) is 23.3 Å². The van der Waals surface area contributed by atoms with E-state index in [1.54, 1.807) is 0 Å². The van der Waals surface area contributed by atoms with Crippen molar-refractivity contribution in [2.45, 2.75) is 63.7 Å². The summed E-state index contributed by atoms with van der Waals surface area (Å²) in [5, 5.41) is 13.5. The maximum absolute atomic E-state index is 9.27. The van der Waals surface area contributed by atoms with E-state index < -0.39 is 0 Å². The second-order valence-corrected chi connectivity index (χ2v) is 9.19. The second-order valence-electron chi connectivity index (χ2n) is 7.72. The average molecular weight is 298 g/mol. The maximum Gasteiger partial charge on any atom is 0.0547 e. The van der Waals surface area contributed by atoms with Crippen molar-refractivity contribution in [1.29, 1.82) is 0 Å². The van der Waals surface area contributed by atoms with Crippen LogP contribution in [0.3, 0.4) is 0 Å². The summed E-state index contributed by atoms with van der Waals surface area (Å²) in [7, 11) is 0. The zero-order valence-corrected chi connectivity index (χ0v) is 13.9. The molecule has 20 heavy (non-hydrogen) atoms. The smallest absolute Gasteiger partial charge is 0.0547 e. The normalized spacial score (nSPS) is 41.9.